The summed E-state index contributed by atoms with van der Waals surface area (Å²) in [5.74, 6) is 0.230. The van der Waals surface area contributed by atoms with Crippen LogP contribution in [-0.4, -0.2) is 0 Å². The molecule has 0 bridgehead atoms. The molecule has 27 heavy (non-hydrogen) atoms. The standard InChI is InChI=1S/C27H26/c1-27(2,3)25-19-24(22-17-11-6-12-18-23(22)25)26(20-13-7-4-8-14-20)21-15-9-5-10-16-21/h4-19,26H,1-3H3. The molecule has 0 saturated carbocycles. The summed E-state index contributed by atoms with van der Waals surface area (Å²) in [5, 5.41) is 0. The summed E-state index contributed by atoms with van der Waals surface area (Å²) in [6, 6.07) is 35.1. The molecule has 2 aromatic rings. The van der Waals surface area contributed by atoms with Gasteiger partial charge in [-0.2, -0.15) is 0 Å². The maximum absolute atomic E-state index is 2.44. The van der Waals surface area contributed by atoms with Crippen LogP contribution in [0.5, 0.6) is 0 Å². The van der Waals surface area contributed by atoms with Gasteiger partial charge in [0.2, 0.25) is 0 Å². The van der Waals surface area contributed by atoms with E-state index in [1.807, 2.05) is 0 Å². The number of benzene rings is 2. The molecule has 0 unspecified atom stereocenters. The molecule has 0 heterocycles. The SMILES string of the molecule is CC(C)(C)c1cc(C(c2ccccc2)c2ccccc2)c2cccccc1-2. The van der Waals surface area contributed by atoms with Gasteiger partial charge in [-0.1, -0.05) is 118 Å². The fraction of sp³-hybridized carbons (Fsp3) is 0.185. The van der Waals surface area contributed by atoms with E-state index in [9.17, 15) is 0 Å². The Hall–Kier alpha value is -2.86. The van der Waals surface area contributed by atoms with Gasteiger partial charge in [-0.3, -0.25) is 0 Å². The zero-order valence-electron chi connectivity index (χ0n) is 16.3. The van der Waals surface area contributed by atoms with Crippen molar-refractivity contribution in [3.05, 3.63) is 119 Å². The fourth-order valence-electron chi connectivity index (χ4n) is 4.05. The minimum Gasteiger partial charge on any atom is -0.0622 e. The van der Waals surface area contributed by atoms with Crippen LogP contribution in [0.25, 0.3) is 11.1 Å². The number of fused-ring (bicyclic) bond motifs is 1. The van der Waals surface area contributed by atoms with E-state index >= 15 is 0 Å². The van der Waals surface area contributed by atoms with Crippen molar-refractivity contribution in [2.24, 2.45) is 0 Å². The molecule has 0 radical (unpaired) electrons. The van der Waals surface area contributed by atoms with E-state index in [4.69, 9.17) is 0 Å². The molecule has 0 spiro atoms. The van der Waals surface area contributed by atoms with Gasteiger partial charge in [0.1, 0.15) is 0 Å². The minimum absolute atomic E-state index is 0.1000. The van der Waals surface area contributed by atoms with Crippen molar-refractivity contribution in [3.63, 3.8) is 0 Å². The van der Waals surface area contributed by atoms with Gasteiger partial charge in [0.05, 0.1) is 0 Å². The molecule has 2 aliphatic rings. The summed E-state index contributed by atoms with van der Waals surface area (Å²) >= 11 is 0. The zero-order chi connectivity index (χ0) is 18.9. The third-order valence-electron chi connectivity index (χ3n) is 5.32. The molecule has 2 aromatic carbocycles. The van der Waals surface area contributed by atoms with E-state index in [0.29, 0.717) is 0 Å². The quantitative estimate of drug-likeness (QED) is 0.364. The number of hydrogen-bond acceptors (Lipinski definition) is 0. The Morgan fingerprint density at radius 1 is 0.556 bits per heavy atom. The highest BCUT2D eigenvalue weighted by Gasteiger charge is 2.28. The van der Waals surface area contributed by atoms with E-state index in [1.54, 1.807) is 0 Å². The summed E-state index contributed by atoms with van der Waals surface area (Å²) in [7, 11) is 0. The van der Waals surface area contributed by atoms with E-state index < -0.39 is 0 Å². The molecule has 4 rings (SSSR count). The van der Waals surface area contributed by atoms with Gasteiger partial charge >= 0.3 is 0 Å². The Kier molecular flexibility index (Phi) is 4.58. The lowest BCUT2D eigenvalue weighted by Crippen LogP contribution is -2.10. The first-order chi connectivity index (χ1) is 13.1. The van der Waals surface area contributed by atoms with Crippen LogP contribution < -0.4 is 0 Å². The van der Waals surface area contributed by atoms with Gasteiger partial charge in [-0.15, -0.1) is 0 Å². The molecule has 0 heteroatoms. The van der Waals surface area contributed by atoms with Gasteiger partial charge in [-0.05, 0) is 38.8 Å². The van der Waals surface area contributed by atoms with Gasteiger partial charge in [0.15, 0.2) is 0 Å². The van der Waals surface area contributed by atoms with Crippen LogP contribution in [0.1, 0.15) is 48.9 Å². The van der Waals surface area contributed by atoms with Crippen molar-refractivity contribution in [1.29, 1.82) is 0 Å². The van der Waals surface area contributed by atoms with Gasteiger partial charge in [0.25, 0.3) is 0 Å². The van der Waals surface area contributed by atoms with Crippen LogP contribution in [0.2, 0.25) is 0 Å². The highest BCUT2D eigenvalue weighted by Crippen LogP contribution is 2.45. The second kappa shape index (κ2) is 7.04. The molecule has 134 valence electrons. The summed E-state index contributed by atoms with van der Waals surface area (Å²) in [4.78, 5) is 0. The van der Waals surface area contributed by atoms with E-state index in [-0.39, 0.29) is 11.3 Å². The maximum atomic E-state index is 2.44. The Labute approximate surface area is 162 Å². The molecule has 0 fully saturated rings. The van der Waals surface area contributed by atoms with Crippen LogP contribution in [0.15, 0.2) is 97.1 Å². The Morgan fingerprint density at radius 3 is 1.48 bits per heavy atom. The molecule has 0 atom stereocenters. The summed E-state index contributed by atoms with van der Waals surface area (Å²) in [6.45, 7) is 6.91. The maximum Gasteiger partial charge on any atom is 0.0346 e. The molecule has 0 nitrogen and oxygen atoms in total. The van der Waals surface area contributed by atoms with Crippen molar-refractivity contribution in [1.82, 2.24) is 0 Å². The monoisotopic (exact) mass is 350 g/mol. The van der Waals surface area contributed by atoms with Crippen LogP contribution in [0.4, 0.5) is 0 Å². The molecule has 0 saturated heterocycles. The zero-order valence-corrected chi connectivity index (χ0v) is 16.3. The topological polar surface area (TPSA) is 0 Å². The van der Waals surface area contributed by atoms with Crippen LogP contribution in [0, 0.1) is 0 Å². The van der Waals surface area contributed by atoms with Gasteiger partial charge in [-0.25, -0.2) is 0 Å². The number of hydrogen-bond donors (Lipinski definition) is 0. The van der Waals surface area contributed by atoms with E-state index in [2.05, 4.69) is 118 Å². The predicted molar refractivity (Wildman–Crippen MR) is 116 cm³/mol. The first-order valence-electron chi connectivity index (χ1n) is 9.68. The highest BCUT2D eigenvalue weighted by atomic mass is 14.3. The van der Waals surface area contributed by atoms with Crippen molar-refractivity contribution < 1.29 is 0 Å². The molecule has 2 aliphatic carbocycles. The van der Waals surface area contributed by atoms with Gasteiger partial charge in [0, 0.05) is 5.92 Å². The lowest BCUT2D eigenvalue weighted by Gasteiger charge is -2.19. The molecular formula is C27H26. The molecule has 0 aliphatic heterocycles. The first-order valence-corrected chi connectivity index (χ1v) is 9.68. The molecule has 0 amide bonds. The average molecular weight is 351 g/mol. The number of rotatable bonds is 3. The highest BCUT2D eigenvalue weighted by molar-refractivity contribution is 5.78. The van der Waals surface area contributed by atoms with Crippen LogP contribution >= 0.6 is 0 Å². The fourth-order valence-corrected chi connectivity index (χ4v) is 4.05. The smallest absolute Gasteiger partial charge is 0.0346 e. The molecule has 0 N–H and O–H groups in total. The van der Waals surface area contributed by atoms with Crippen molar-refractivity contribution >= 4 is 0 Å². The van der Waals surface area contributed by atoms with Crippen molar-refractivity contribution in [2.45, 2.75) is 32.1 Å². The minimum atomic E-state index is 0.1000. The lowest BCUT2D eigenvalue weighted by molar-refractivity contribution is 0.593. The summed E-state index contributed by atoms with van der Waals surface area (Å²) in [5.41, 5.74) is 8.29. The molecule has 0 aromatic heterocycles. The second-order valence-electron chi connectivity index (χ2n) is 8.26. The third kappa shape index (κ3) is 3.40. The normalized spacial score (nSPS) is 11.9. The van der Waals surface area contributed by atoms with Gasteiger partial charge < -0.3 is 0 Å². The van der Waals surface area contributed by atoms with Crippen molar-refractivity contribution in [3.8, 4) is 11.1 Å². The lowest BCUT2D eigenvalue weighted by atomic mass is 9.84. The summed E-state index contributed by atoms with van der Waals surface area (Å²) in [6.07, 6.45) is 0. The van der Waals surface area contributed by atoms with E-state index in [0.717, 1.165) is 0 Å². The van der Waals surface area contributed by atoms with Crippen molar-refractivity contribution in [2.75, 3.05) is 0 Å². The first kappa shape index (κ1) is 17.5. The second-order valence-corrected chi connectivity index (χ2v) is 8.26. The Bertz CT molecular complexity index is 951. The molecular weight excluding hydrogens is 324 g/mol. The third-order valence-corrected chi connectivity index (χ3v) is 5.32. The van der Waals surface area contributed by atoms with Crippen LogP contribution in [0.3, 0.4) is 0 Å². The predicted octanol–water partition coefficient (Wildman–Crippen LogP) is 7.27. The average Bonchev–Trinajstić information content (AvgIpc) is 2.86. The largest absolute Gasteiger partial charge is 0.0622 e. The Balaban J connectivity index is 2.01. The Morgan fingerprint density at radius 2 is 1.00 bits per heavy atom. The summed E-state index contributed by atoms with van der Waals surface area (Å²) < 4.78 is 0. The van der Waals surface area contributed by atoms with Crippen LogP contribution in [-0.2, 0) is 5.41 Å². The van der Waals surface area contributed by atoms with E-state index in [1.165, 1.54) is 33.4 Å².